The maximum absolute atomic E-state index is 11.9. The van der Waals surface area contributed by atoms with Gasteiger partial charge in [0.15, 0.2) is 6.29 Å². The van der Waals surface area contributed by atoms with Crippen molar-refractivity contribution >= 4 is 52.5 Å². The van der Waals surface area contributed by atoms with E-state index in [9.17, 15) is 15.0 Å². The van der Waals surface area contributed by atoms with Gasteiger partial charge in [-0.25, -0.2) is 0 Å². The van der Waals surface area contributed by atoms with E-state index in [-0.39, 0.29) is 37.9 Å². The van der Waals surface area contributed by atoms with Crippen LogP contribution in [0.4, 0.5) is 0 Å². The molecule has 1 aliphatic heterocycles. The Morgan fingerprint density at radius 1 is 0.925 bits per heavy atom. The van der Waals surface area contributed by atoms with E-state index < -0.39 is 16.0 Å². The second kappa shape index (κ2) is 14.4. The van der Waals surface area contributed by atoms with Gasteiger partial charge in [-0.3, -0.25) is 4.79 Å². The van der Waals surface area contributed by atoms with E-state index in [2.05, 4.69) is 12.2 Å². The summed E-state index contributed by atoms with van der Waals surface area (Å²) in [5.74, 6) is 0.763. The van der Waals surface area contributed by atoms with Gasteiger partial charge in [0.2, 0.25) is 0 Å². The molecule has 10 heteroatoms. The molecule has 1 amide bonds. The highest BCUT2D eigenvalue weighted by Crippen LogP contribution is 2.43. The van der Waals surface area contributed by atoms with E-state index in [1.807, 2.05) is 72.8 Å². The van der Waals surface area contributed by atoms with Crippen LogP contribution in [0, 0.1) is 5.92 Å². The second-order valence-corrected chi connectivity index (χ2v) is 13.1. The van der Waals surface area contributed by atoms with Crippen LogP contribution >= 0.6 is 46.6 Å². The Bertz CT molecular complexity index is 1270. The molecule has 3 aromatic rings. The van der Waals surface area contributed by atoms with Crippen molar-refractivity contribution < 1.29 is 24.5 Å². The zero-order valence-corrected chi connectivity index (χ0v) is 25.0. The van der Waals surface area contributed by atoms with Crippen LogP contribution in [0.3, 0.4) is 0 Å². The summed E-state index contributed by atoms with van der Waals surface area (Å²) in [5, 5.41) is 21.4. The van der Waals surface area contributed by atoms with Crippen LogP contribution < -0.4 is 5.32 Å². The third-order valence-electron chi connectivity index (χ3n) is 6.77. The number of hydrogen-bond acceptors (Lipinski definition) is 6. The summed E-state index contributed by atoms with van der Waals surface area (Å²) < 4.78 is 11.0. The first kappa shape index (κ1) is 31.1. The molecule has 3 aromatic carbocycles. The minimum absolute atomic E-state index is 0.0131. The summed E-state index contributed by atoms with van der Waals surface area (Å²) in [4.78, 5) is 11.9. The van der Waals surface area contributed by atoms with Crippen molar-refractivity contribution in [1.82, 2.24) is 5.32 Å². The Kier molecular flexibility index (Phi) is 11.2. The number of aliphatic hydroxyl groups is 2. The van der Waals surface area contributed by atoms with Crippen molar-refractivity contribution in [3.8, 4) is 11.1 Å². The quantitative estimate of drug-likeness (QED) is 0.180. The Labute approximate surface area is 253 Å². The summed E-state index contributed by atoms with van der Waals surface area (Å²) >= 11 is 18.6. The minimum atomic E-state index is -2.02. The van der Waals surface area contributed by atoms with Crippen molar-refractivity contribution in [2.24, 2.45) is 5.92 Å². The van der Waals surface area contributed by atoms with Gasteiger partial charge in [0.25, 0.3) is 9.70 Å². The van der Waals surface area contributed by atoms with Gasteiger partial charge in [0.1, 0.15) is 0 Å². The lowest BCUT2D eigenvalue weighted by molar-refractivity contribution is -0.268. The van der Waals surface area contributed by atoms with Crippen molar-refractivity contribution in [2.75, 3.05) is 18.1 Å². The summed E-state index contributed by atoms with van der Waals surface area (Å²) in [6.07, 6.45) is -0.892. The molecule has 0 unspecified atom stereocenters. The lowest BCUT2D eigenvalue weighted by Gasteiger charge is -2.41. The van der Waals surface area contributed by atoms with Crippen LogP contribution in [0.15, 0.2) is 72.8 Å². The van der Waals surface area contributed by atoms with E-state index in [1.165, 1.54) is 0 Å². The van der Waals surface area contributed by atoms with Gasteiger partial charge in [-0.05, 0) is 39.9 Å². The predicted molar refractivity (Wildman–Crippen MR) is 161 cm³/mol. The number of ether oxygens (including phenoxy) is 2. The maximum Gasteiger partial charge on any atom is 0.272 e. The zero-order valence-electron chi connectivity index (χ0n) is 21.9. The second-order valence-electron chi connectivity index (χ2n) is 9.63. The van der Waals surface area contributed by atoms with E-state index in [0.717, 1.165) is 39.1 Å². The van der Waals surface area contributed by atoms with Crippen LogP contribution in [0.25, 0.3) is 11.1 Å². The van der Waals surface area contributed by atoms with Crippen LogP contribution in [-0.4, -0.2) is 44.1 Å². The summed E-state index contributed by atoms with van der Waals surface area (Å²) in [6, 6.07) is 23.6. The maximum atomic E-state index is 11.9. The summed E-state index contributed by atoms with van der Waals surface area (Å²) in [6.45, 7) is 2.44. The van der Waals surface area contributed by atoms with E-state index in [0.29, 0.717) is 5.75 Å². The van der Waals surface area contributed by atoms with Gasteiger partial charge >= 0.3 is 0 Å². The average Bonchev–Trinajstić information content (AvgIpc) is 2.96. The fourth-order valence-electron chi connectivity index (χ4n) is 4.58. The number of carbonyl (C=O) groups excluding carboxylic acids is 1. The molecule has 6 nitrogen and oxygen atoms in total. The molecule has 214 valence electrons. The predicted octanol–water partition coefficient (Wildman–Crippen LogP) is 6.35. The van der Waals surface area contributed by atoms with E-state index >= 15 is 0 Å². The number of alkyl halides is 3. The first-order chi connectivity index (χ1) is 19.2. The molecule has 0 bridgehead atoms. The van der Waals surface area contributed by atoms with Gasteiger partial charge in [0, 0.05) is 29.5 Å². The average molecular weight is 625 g/mol. The third kappa shape index (κ3) is 8.14. The van der Waals surface area contributed by atoms with Gasteiger partial charge < -0.3 is 25.0 Å². The van der Waals surface area contributed by atoms with Crippen LogP contribution in [-0.2, 0) is 27.4 Å². The topological polar surface area (TPSA) is 88.0 Å². The number of halogens is 3. The molecule has 1 aliphatic rings. The summed E-state index contributed by atoms with van der Waals surface area (Å²) in [5.41, 5.74) is 5.53. The zero-order chi connectivity index (χ0) is 28.7. The number of nitrogens with one attached hydrogen (secondary N) is 1. The van der Waals surface area contributed by atoms with Crippen molar-refractivity contribution in [1.29, 1.82) is 0 Å². The highest BCUT2D eigenvalue weighted by molar-refractivity contribution is 7.99. The number of thioether (sulfide) groups is 1. The minimum Gasteiger partial charge on any atom is -0.396 e. The molecule has 40 heavy (non-hydrogen) atoms. The molecule has 0 spiro atoms. The highest BCUT2D eigenvalue weighted by atomic mass is 35.6. The van der Waals surface area contributed by atoms with E-state index in [1.54, 1.807) is 11.8 Å². The smallest absolute Gasteiger partial charge is 0.272 e. The van der Waals surface area contributed by atoms with Crippen molar-refractivity contribution in [3.63, 3.8) is 0 Å². The molecular weight excluding hydrogens is 593 g/mol. The van der Waals surface area contributed by atoms with Gasteiger partial charge in [0.05, 0.1) is 25.4 Å². The lowest BCUT2D eigenvalue weighted by Crippen LogP contribution is -2.38. The number of amides is 1. The number of hydrogen-bond donors (Lipinski definition) is 3. The SMILES string of the molecule is C[C@H]1[C@@H](CSCCO)O[C@@H](c2cccc(-c3cccc(CNC(=O)C(Cl)(Cl)Cl)c3)c2)O[C@H]1c1ccc(CO)cc1. The molecule has 0 saturated carbocycles. The molecule has 4 rings (SSSR count). The molecule has 1 saturated heterocycles. The monoisotopic (exact) mass is 623 g/mol. The van der Waals surface area contributed by atoms with Crippen molar-refractivity contribution in [2.45, 2.75) is 42.4 Å². The molecular formula is C30H32Cl3NO5S. The molecule has 4 atom stereocenters. The molecule has 0 aliphatic carbocycles. The fraction of sp³-hybridized carbons (Fsp3) is 0.367. The number of benzene rings is 3. The molecule has 1 heterocycles. The Morgan fingerprint density at radius 2 is 1.62 bits per heavy atom. The lowest BCUT2D eigenvalue weighted by atomic mass is 9.91. The number of rotatable bonds is 10. The molecule has 1 fully saturated rings. The number of carbonyl (C=O) groups is 1. The van der Waals surface area contributed by atoms with Crippen LogP contribution in [0.2, 0.25) is 0 Å². The fourth-order valence-corrected chi connectivity index (χ4v) is 5.69. The Hall–Kier alpha value is -1.81. The number of aliphatic hydroxyl groups excluding tert-OH is 2. The van der Waals surface area contributed by atoms with Crippen LogP contribution in [0.5, 0.6) is 0 Å². The van der Waals surface area contributed by atoms with Gasteiger partial charge in [-0.1, -0.05) is 102 Å². The third-order valence-corrected chi connectivity index (χ3v) is 8.32. The Morgan fingerprint density at radius 3 is 2.30 bits per heavy atom. The molecule has 0 radical (unpaired) electrons. The largest absolute Gasteiger partial charge is 0.396 e. The Balaban J connectivity index is 1.57. The van der Waals surface area contributed by atoms with Gasteiger partial charge in [-0.15, -0.1) is 0 Å². The molecule has 0 aromatic heterocycles. The van der Waals surface area contributed by atoms with Crippen molar-refractivity contribution in [3.05, 3.63) is 95.1 Å². The normalized spacial score (nSPS) is 21.2. The first-order valence-corrected chi connectivity index (χ1v) is 15.2. The summed E-state index contributed by atoms with van der Waals surface area (Å²) in [7, 11) is 0. The van der Waals surface area contributed by atoms with Gasteiger partial charge in [-0.2, -0.15) is 11.8 Å². The molecule has 3 N–H and O–H groups in total. The van der Waals surface area contributed by atoms with E-state index in [4.69, 9.17) is 44.3 Å². The first-order valence-electron chi connectivity index (χ1n) is 12.9. The highest BCUT2D eigenvalue weighted by Gasteiger charge is 2.38. The standard InChI is InChI=1S/C30H32Cl3NO5S/c1-19-26(18-40-13-12-35)38-28(39-27(19)22-10-8-20(17-36)9-11-22)25-7-3-6-24(15-25)23-5-2-4-21(14-23)16-34-29(37)30(31,32)33/h2-11,14-15,19,26-28,35-36H,12-13,16-18H2,1H3,(H,34,37)/t19-,26+,27+,28+/m0/s1. The van der Waals surface area contributed by atoms with Crippen LogP contribution in [0.1, 0.15) is 41.6 Å².